The zero-order chi connectivity index (χ0) is 15.9. The maximum atomic E-state index is 13.6. The number of aromatic nitrogens is 2. The molecule has 2 aromatic rings. The van der Waals surface area contributed by atoms with Gasteiger partial charge in [0.15, 0.2) is 0 Å². The molecule has 0 spiro atoms. The van der Waals surface area contributed by atoms with Gasteiger partial charge in [-0.15, -0.1) is 0 Å². The number of fused-ring (bicyclic) bond motifs is 1. The molecule has 2 saturated heterocycles. The zero-order valence-electron chi connectivity index (χ0n) is 12.9. The Morgan fingerprint density at radius 1 is 1.17 bits per heavy atom. The highest BCUT2D eigenvalue weighted by Crippen LogP contribution is 2.34. The van der Waals surface area contributed by atoms with Crippen LogP contribution in [0.1, 0.15) is 12.2 Å². The molecule has 2 aliphatic heterocycles. The van der Waals surface area contributed by atoms with Crippen LogP contribution in [-0.2, 0) is 6.54 Å². The van der Waals surface area contributed by atoms with Crippen molar-refractivity contribution in [1.29, 1.82) is 0 Å². The second kappa shape index (κ2) is 5.69. The summed E-state index contributed by atoms with van der Waals surface area (Å²) >= 11 is 0. The number of benzene rings is 1. The molecule has 1 aromatic heterocycles. The van der Waals surface area contributed by atoms with Crippen LogP contribution >= 0.6 is 0 Å². The highest BCUT2D eigenvalue weighted by atomic mass is 19.3. The van der Waals surface area contributed by atoms with Gasteiger partial charge in [0.2, 0.25) is 0 Å². The van der Waals surface area contributed by atoms with E-state index in [9.17, 15) is 8.78 Å². The van der Waals surface area contributed by atoms with Crippen LogP contribution in [0.5, 0.6) is 0 Å². The molecule has 0 aliphatic carbocycles. The fourth-order valence-electron chi connectivity index (χ4n) is 3.68. The topological polar surface area (TPSA) is 24.3 Å². The normalized spacial score (nSPS) is 24.7. The van der Waals surface area contributed by atoms with E-state index in [1.165, 1.54) is 0 Å². The number of hydrogen-bond donors (Lipinski definition) is 0. The van der Waals surface area contributed by atoms with Gasteiger partial charge in [0, 0.05) is 50.2 Å². The number of para-hydroxylation sites is 1. The van der Waals surface area contributed by atoms with E-state index in [0.29, 0.717) is 19.6 Å². The monoisotopic (exact) mass is 318 g/mol. The van der Waals surface area contributed by atoms with Crippen molar-refractivity contribution in [3.63, 3.8) is 0 Å². The lowest BCUT2D eigenvalue weighted by Gasteiger charge is -2.36. The Balaban J connectivity index is 1.47. The van der Waals surface area contributed by atoms with Crippen molar-refractivity contribution in [2.24, 2.45) is 0 Å². The van der Waals surface area contributed by atoms with Gasteiger partial charge in [0.1, 0.15) is 5.82 Å². The third-order valence-corrected chi connectivity index (χ3v) is 4.77. The third kappa shape index (κ3) is 3.01. The first-order valence-corrected chi connectivity index (χ1v) is 8.03. The SMILES string of the molecule is FC1(F)C[C@H]2CN(Cc3nccn3-c3ccccc3)CCN2C1. The van der Waals surface area contributed by atoms with Crippen LogP contribution in [0, 0.1) is 0 Å². The van der Waals surface area contributed by atoms with E-state index >= 15 is 0 Å². The van der Waals surface area contributed by atoms with Crippen LogP contribution in [0.2, 0.25) is 0 Å². The minimum absolute atomic E-state index is 0.0172. The second-order valence-electron chi connectivity index (χ2n) is 6.47. The second-order valence-corrected chi connectivity index (χ2v) is 6.47. The van der Waals surface area contributed by atoms with Crippen molar-refractivity contribution >= 4 is 0 Å². The number of alkyl halides is 2. The van der Waals surface area contributed by atoms with Gasteiger partial charge in [-0.3, -0.25) is 9.80 Å². The number of halogens is 2. The number of rotatable bonds is 3. The Bertz CT molecular complexity index is 670. The average Bonchev–Trinajstić information content (AvgIpc) is 3.10. The lowest BCUT2D eigenvalue weighted by Crippen LogP contribution is -2.49. The standard InChI is InChI=1S/C17H20F2N4/c18-17(19)10-15-11-21(8-9-22(15)13-17)12-16-20-6-7-23(16)14-4-2-1-3-5-14/h1-7,15H,8-13H2/t15-/m0/s1. The molecule has 4 nitrogen and oxygen atoms in total. The Kier molecular flexibility index (Phi) is 3.66. The van der Waals surface area contributed by atoms with Crippen LogP contribution in [0.4, 0.5) is 8.78 Å². The number of piperazine rings is 1. The van der Waals surface area contributed by atoms with Gasteiger partial charge < -0.3 is 4.57 Å². The predicted octanol–water partition coefficient (Wildman–Crippen LogP) is 2.40. The first-order valence-electron chi connectivity index (χ1n) is 8.03. The largest absolute Gasteiger partial charge is 0.303 e. The van der Waals surface area contributed by atoms with Crippen molar-refractivity contribution in [1.82, 2.24) is 19.4 Å². The number of nitrogens with zero attached hydrogens (tertiary/aromatic N) is 4. The summed E-state index contributed by atoms with van der Waals surface area (Å²) in [4.78, 5) is 8.63. The van der Waals surface area contributed by atoms with Crippen molar-refractivity contribution in [2.45, 2.75) is 24.9 Å². The molecule has 0 bridgehead atoms. The van der Waals surface area contributed by atoms with E-state index in [0.717, 1.165) is 18.1 Å². The predicted molar refractivity (Wildman–Crippen MR) is 83.8 cm³/mol. The molecule has 1 aromatic carbocycles. The van der Waals surface area contributed by atoms with Gasteiger partial charge in [-0.2, -0.15) is 0 Å². The maximum Gasteiger partial charge on any atom is 0.262 e. The molecule has 0 unspecified atom stereocenters. The smallest absolute Gasteiger partial charge is 0.262 e. The first-order chi connectivity index (χ1) is 11.1. The van der Waals surface area contributed by atoms with Crippen LogP contribution in [0.3, 0.4) is 0 Å². The summed E-state index contributed by atoms with van der Waals surface area (Å²) in [7, 11) is 0. The van der Waals surface area contributed by atoms with Gasteiger partial charge in [0.05, 0.1) is 13.1 Å². The van der Waals surface area contributed by atoms with Crippen LogP contribution in [0.25, 0.3) is 5.69 Å². The Morgan fingerprint density at radius 2 is 2.00 bits per heavy atom. The fraction of sp³-hybridized carbons (Fsp3) is 0.471. The molecular weight excluding hydrogens is 298 g/mol. The van der Waals surface area contributed by atoms with Gasteiger partial charge in [-0.25, -0.2) is 13.8 Å². The molecule has 0 N–H and O–H groups in total. The van der Waals surface area contributed by atoms with Gasteiger partial charge in [0.25, 0.3) is 5.92 Å². The third-order valence-electron chi connectivity index (χ3n) is 4.77. The van der Waals surface area contributed by atoms with Crippen LogP contribution in [-0.4, -0.2) is 57.5 Å². The molecule has 0 amide bonds. The Labute approximate surface area is 134 Å². The van der Waals surface area contributed by atoms with E-state index in [1.807, 2.05) is 41.4 Å². The van der Waals surface area contributed by atoms with E-state index in [2.05, 4.69) is 14.5 Å². The number of hydrogen-bond acceptors (Lipinski definition) is 3. The lowest BCUT2D eigenvalue weighted by molar-refractivity contribution is 0.0119. The fourth-order valence-corrected chi connectivity index (χ4v) is 3.68. The summed E-state index contributed by atoms with van der Waals surface area (Å²) in [5.41, 5.74) is 1.08. The lowest BCUT2D eigenvalue weighted by atomic mass is 10.1. The van der Waals surface area contributed by atoms with Crippen molar-refractivity contribution in [3.05, 3.63) is 48.5 Å². The molecule has 0 saturated carbocycles. The molecule has 1 atom stereocenters. The summed E-state index contributed by atoms with van der Waals surface area (Å²) in [6.07, 6.45) is 3.73. The van der Waals surface area contributed by atoms with E-state index in [4.69, 9.17) is 0 Å². The van der Waals surface area contributed by atoms with Crippen molar-refractivity contribution in [2.75, 3.05) is 26.2 Å². The van der Waals surface area contributed by atoms with Gasteiger partial charge >= 0.3 is 0 Å². The van der Waals surface area contributed by atoms with Gasteiger partial charge in [-0.1, -0.05) is 18.2 Å². The molecular formula is C17H20F2N4. The summed E-state index contributed by atoms with van der Waals surface area (Å²) < 4.78 is 29.2. The maximum absolute atomic E-state index is 13.6. The molecule has 0 radical (unpaired) electrons. The van der Waals surface area contributed by atoms with E-state index in [1.54, 1.807) is 6.20 Å². The molecule has 2 fully saturated rings. The summed E-state index contributed by atoms with van der Waals surface area (Å²) in [5, 5.41) is 0. The highest BCUT2D eigenvalue weighted by molar-refractivity contribution is 5.32. The Morgan fingerprint density at radius 3 is 2.83 bits per heavy atom. The minimum atomic E-state index is -2.52. The van der Waals surface area contributed by atoms with Crippen LogP contribution < -0.4 is 0 Å². The zero-order valence-corrected chi connectivity index (χ0v) is 12.9. The van der Waals surface area contributed by atoms with Crippen molar-refractivity contribution in [3.8, 4) is 5.69 Å². The number of imidazole rings is 1. The van der Waals surface area contributed by atoms with Gasteiger partial charge in [-0.05, 0) is 12.1 Å². The quantitative estimate of drug-likeness (QED) is 0.868. The molecule has 2 aliphatic rings. The Hall–Kier alpha value is -1.79. The molecule has 122 valence electrons. The highest BCUT2D eigenvalue weighted by Gasteiger charge is 2.46. The molecule has 6 heteroatoms. The summed E-state index contributed by atoms with van der Waals surface area (Å²) in [6.45, 7) is 2.83. The van der Waals surface area contributed by atoms with Crippen LogP contribution in [0.15, 0.2) is 42.7 Å². The van der Waals surface area contributed by atoms with E-state index in [-0.39, 0.29) is 19.0 Å². The van der Waals surface area contributed by atoms with E-state index < -0.39 is 5.92 Å². The van der Waals surface area contributed by atoms with Crippen molar-refractivity contribution < 1.29 is 8.78 Å². The molecule has 23 heavy (non-hydrogen) atoms. The summed E-state index contributed by atoms with van der Waals surface area (Å²) in [6, 6.07) is 10.0. The minimum Gasteiger partial charge on any atom is -0.303 e. The average molecular weight is 318 g/mol. The first kappa shape index (κ1) is 14.8. The summed E-state index contributed by atoms with van der Waals surface area (Å²) in [5.74, 6) is -1.57. The molecule has 3 heterocycles. The molecule has 4 rings (SSSR count).